The van der Waals surface area contributed by atoms with Crippen LogP contribution in [-0.4, -0.2) is 39.6 Å². The zero-order valence-electron chi connectivity index (χ0n) is 7.00. The number of nitrogens with two attached hydrogens (primary N) is 1. The van der Waals surface area contributed by atoms with Crippen LogP contribution in [0.15, 0.2) is 0 Å². The molecular weight excluding hydrogens is 164 g/mol. The van der Waals surface area contributed by atoms with E-state index < -0.39 is 9.84 Å². The molecule has 0 aliphatic rings. The van der Waals surface area contributed by atoms with Crippen molar-refractivity contribution in [2.75, 3.05) is 25.1 Å². The number of rotatable bonds is 5. The van der Waals surface area contributed by atoms with Gasteiger partial charge in [0, 0.05) is 25.4 Å². The van der Waals surface area contributed by atoms with Gasteiger partial charge < -0.3 is 11.1 Å². The predicted octanol–water partition coefficient (Wildman–Crippen LogP) is -1.03. The summed E-state index contributed by atoms with van der Waals surface area (Å²) in [6.45, 7) is 2.93. The Bertz CT molecular complexity index is 189. The second kappa shape index (κ2) is 4.69. The van der Waals surface area contributed by atoms with Crippen LogP contribution in [-0.2, 0) is 9.84 Å². The van der Waals surface area contributed by atoms with Crippen molar-refractivity contribution in [3.63, 3.8) is 0 Å². The molecule has 0 aromatic rings. The van der Waals surface area contributed by atoms with E-state index in [4.69, 9.17) is 5.73 Å². The maximum atomic E-state index is 10.6. The van der Waals surface area contributed by atoms with E-state index in [0.717, 1.165) is 0 Å². The Morgan fingerprint density at radius 2 is 2.09 bits per heavy atom. The second-order valence-corrected chi connectivity index (χ2v) is 4.98. The number of sulfone groups is 1. The van der Waals surface area contributed by atoms with Gasteiger partial charge in [0.2, 0.25) is 0 Å². The van der Waals surface area contributed by atoms with Gasteiger partial charge in [0.05, 0.1) is 5.75 Å². The van der Waals surface area contributed by atoms with Gasteiger partial charge in [-0.25, -0.2) is 8.42 Å². The smallest absolute Gasteiger partial charge is 0.148 e. The molecule has 4 nitrogen and oxygen atoms in total. The summed E-state index contributed by atoms with van der Waals surface area (Å²) in [5.74, 6) is 0.178. The molecule has 3 N–H and O–H groups in total. The first-order valence-electron chi connectivity index (χ1n) is 3.57. The molecule has 68 valence electrons. The van der Waals surface area contributed by atoms with Crippen molar-refractivity contribution in [3.05, 3.63) is 0 Å². The zero-order chi connectivity index (χ0) is 8.91. The molecule has 0 aliphatic heterocycles. The Labute approximate surface area is 68.1 Å². The second-order valence-electron chi connectivity index (χ2n) is 2.72. The van der Waals surface area contributed by atoms with Gasteiger partial charge >= 0.3 is 0 Å². The number of nitrogens with one attached hydrogen (secondary N) is 1. The highest BCUT2D eigenvalue weighted by molar-refractivity contribution is 7.90. The van der Waals surface area contributed by atoms with E-state index in [9.17, 15) is 8.42 Å². The standard InChI is InChI=1S/C6H16N2O2S/c1-6(5-7)8-3-4-11(2,9)10/h6,8H,3-5,7H2,1-2H3. The predicted molar refractivity (Wildman–Crippen MR) is 46.2 cm³/mol. The maximum Gasteiger partial charge on any atom is 0.148 e. The first kappa shape index (κ1) is 10.9. The van der Waals surface area contributed by atoms with Crippen molar-refractivity contribution in [2.24, 2.45) is 5.73 Å². The minimum Gasteiger partial charge on any atom is -0.329 e. The third-order valence-electron chi connectivity index (χ3n) is 1.32. The van der Waals surface area contributed by atoms with Gasteiger partial charge in [0.25, 0.3) is 0 Å². The van der Waals surface area contributed by atoms with Crippen LogP contribution >= 0.6 is 0 Å². The van der Waals surface area contributed by atoms with Gasteiger partial charge in [-0.05, 0) is 6.92 Å². The Kier molecular flexibility index (Phi) is 4.63. The molecule has 0 radical (unpaired) electrons. The molecule has 0 aromatic heterocycles. The Hall–Kier alpha value is -0.130. The summed E-state index contributed by atoms with van der Waals surface area (Å²) in [4.78, 5) is 0. The van der Waals surface area contributed by atoms with Crippen LogP contribution in [0.1, 0.15) is 6.92 Å². The Morgan fingerprint density at radius 1 is 1.55 bits per heavy atom. The van der Waals surface area contributed by atoms with E-state index >= 15 is 0 Å². The molecule has 0 aliphatic carbocycles. The van der Waals surface area contributed by atoms with Crippen LogP contribution in [0.5, 0.6) is 0 Å². The first-order chi connectivity index (χ1) is 4.95. The highest BCUT2D eigenvalue weighted by atomic mass is 32.2. The van der Waals surface area contributed by atoms with Crippen molar-refractivity contribution < 1.29 is 8.42 Å². The minimum atomic E-state index is -2.83. The SMILES string of the molecule is CC(CN)NCCS(C)(=O)=O. The van der Waals surface area contributed by atoms with E-state index in [1.807, 2.05) is 6.92 Å². The Balaban J connectivity index is 3.43. The van der Waals surface area contributed by atoms with Crippen LogP contribution < -0.4 is 11.1 Å². The molecule has 11 heavy (non-hydrogen) atoms. The molecule has 0 bridgehead atoms. The van der Waals surface area contributed by atoms with E-state index in [2.05, 4.69) is 5.32 Å². The van der Waals surface area contributed by atoms with Gasteiger partial charge in [0.1, 0.15) is 9.84 Å². The summed E-state index contributed by atoms with van der Waals surface area (Å²) in [5, 5.41) is 2.98. The van der Waals surface area contributed by atoms with Crippen LogP contribution in [0.25, 0.3) is 0 Å². The number of hydrogen-bond acceptors (Lipinski definition) is 4. The summed E-state index contributed by atoms with van der Waals surface area (Å²) in [6.07, 6.45) is 1.22. The first-order valence-corrected chi connectivity index (χ1v) is 5.63. The Morgan fingerprint density at radius 3 is 2.45 bits per heavy atom. The van der Waals surface area contributed by atoms with Crippen LogP contribution in [0, 0.1) is 0 Å². The van der Waals surface area contributed by atoms with Gasteiger partial charge in [-0.2, -0.15) is 0 Å². The van der Waals surface area contributed by atoms with Gasteiger partial charge in [-0.1, -0.05) is 0 Å². The fourth-order valence-electron chi connectivity index (χ4n) is 0.574. The molecule has 0 saturated heterocycles. The third-order valence-corrected chi connectivity index (χ3v) is 2.26. The highest BCUT2D eigenvalue weighted by Crippen LogP contribution is 1.81. The lowest BCUT2D eigenvalue weighted by molar-refractivity contribution is 0.564. The third kappa shape index (κ3) is 7.77. The molecule has 0 amide bonds. The normalized spacial score (nSPS) is 14.8. The minimum absolute atomic E-state index is 0.178. The fourth-order valence-corrected chi connectivity index (χ4v) is 1.06. The lowest BCUT2D eigenvalue weighted by atomic mass is 10.3. The summed E-state index contributed by atoms with van der Waals surface area (Å²) in [6, 6.07) is 0.191. The van der Waals surface area contributed by atoms with Gasteiger partial charge in [-0.15, -0.1) is 0 Å². The zero-order valence-corrected chi connectivity index (χ0v) is 7.82. The molecule has 1 unspecified atom stereocenters. The molecule has 0 heterocycles. The maximum absolute atomic E-state index is 10.6. The van der Waals surface area contributed by atoms with Crippen molar-refractivity contribution >= 4 is 9.84 Å². The molecule has 1 atom stereocenters. The summed E-state index contributed by atoms with van der Waals surface area (Å²) in [5.41, 5.74) is 5.31. The average molecular weight is 180 g/mol. The number of hydrogen-bond donors (Lipinski definition) is 2. The summed E-state index contributed by atoms with van der Waals surface area (Å²) < 4.78 is 21.3. The van der Waals surface area contributed by atoms with E-state index in [-0.39, 0.29) is 11.8 Å². The van der Waals surface area contributed by atoms with Crippen molar-refractivity contribution in [1.82, 2.24) is 5.32 Å². The van der Waals surface area contributed by atoms with E-state index in [1.54, 1.807) is 0 Å². The van der Waals surface area contributed by atoms with E-state index in [0.29, 0.717) is 13.1 Å². The van der Waals surface area contributed by atoms with Crippen molar-refractivity contribution in [1.29, 1.82) is 0 Å². The van der Waals surface area contributed by atoms with Crippen LogP contribution in [0.3, 0.4) is 0 Å². The molecule has 0 fully saturated rings. The largest absolute Gasteiger partial charge is 0.329 e. The molecular formula is C6H16N2O2S. The average Bonchev–Trinajstić information content (AvgIpc) is 1.85. The molecule has 0 rings (SSSR count). The lowest BCUT2D eigenvalue weighted by Crippen LogP contribution is -2.36. The van der Waals surface area contributed by atoms with Gasteiger partial charge in [0.15, 0.2) is 0 Å². The quantitative estimate of drug-likeness (QED) is 0.567. The molecule has 0 aromatic carbocycles. The van der Waals surface area contributed by atoms with E-state index in [1.165, 1.54) is 6.26 Å². The summed E-state index contributed by atoms with van der Waals surface area (Å²) in [7, 11) is -2.83. The highest BCUT2D eigenvalue weighted by Gasteiger charge is 2.02. The lowest BCUT2D eigenvalue weighted by Gasteiger charge is -2.09. The molecule has 0 spiro atoms. The van der Waals surface area contributed by atoms with Gasteiger partial charge in [-0.3, -0.25) is 0 Å². The monoisotopic (exact) mass is 180 g/mol. The molecule has 0 saturated carbocycles. The van der Waals surface area contributed by atoms with Crippen LogP contribution in [0.4, 0.5) is 0 Å². The topological polar surface area (TPSA) is 72.2 Å². The van der Waals surface area contributed by atoms with Crippen LogP contribution in [0.2, 0.25) is 0 Å². The molecule has 5 heteroatoms. The summed E-state index contributed by atoms with van der Waals surface area (Å²) >= 11 is 0. The van der Waals surface area contributed by atoms with Crippen molar-refractivity contribution in [2.45, 2.75) is 13.0 Å². The van der Waals surface area contributed by atoms with Crippen molar-refractivity contribution in [3.8, 4) is 0 Å². The fraction of sp³-hybridized carbons (Fsp3) is 1.00.